The third kappa shape index (κ3) is 24.4. The van der Waals surface area contributed by atoms with Gasteiger partial charge in [-0.2, -0.15) is 0 Å². The molecule has 0 aliphatic heterocycles. The van der Waals surface area contributed by atoms with Crippen molar-refractivity contribution in [3.63, 3.8) is 0 Å². The summed E-state index contributed by atoms with van der Waals surface area (Å²) in [4.78, 5) is 39.0. The van der Waals surface area contributed by atoms with E-state index in [9.17, 15) is 18.8 Å². The third-order valence-corrected chi connectivity index (χ3v) is 23.2. The third-order valence-electron chi connectivity index (χ3n) is 13.0. The molecule has 0 saturated carbocycles. The van der Waals surface area contributed by atoms with Gasteiger partial charge in [0.05, 0.1) is 29.9 Å². The van der Waals surface area contributed by atoms with Crippen LogP contribution in [0.4, 0.5) is 4.39 Å². The van der Waals surface area contributed by atoms with Gasteiger partial charge in [0.15, 0.2) is 28.2 Å². The first-order valence-corrected chi connectivity index (χ1v) is 37.8. The maximum atomic E-state index is 14.8. The Morgan fingerprint density at radius 3 is 1.38 bits per heavy atom. The van der Waals surface area contributed by atoms with Gasteiger partial charge in [0, 0.05) is 0 Å². The van der Waals surface area contributed by atoms with Crippen LogP contribution in [-0.4, -0.2) is 56.3 Å². The Kier molecular flexibility index (Phi) is 26.4. The summed E-state index contributed by atoms with van der Waals surface area (Å²) in [6.45, 7) is 19.1. The van der Waals surface area contributed by atoms with E-state index in [4.69, 9.17) is 31.9 Å². The van der Waals surface area contributed by atoms with Crippen LogP contribution in [0.15, 0.2) is 115 Å². The van der Waals surface area contributed by atoms with Crippen molar-refractivity contribution in [1.82, 2.24) is 0 Å². The van der Waals surface area contributed by atoms with E-state index in [1.807, 2.05) is 18.2 Å². The molecule has 0 fully saturated rings. The Labute approximate surface area is 463 Å². The van der Waals surface area contributed by atoms with Crippen LogP contribution >= 0.6 is 0 Å². The lowest BCUT2D eigenvalue weighted by molar-refractivity contribution is 0.0723. The first-order chi connectivity index (χ1) is 36.9. The zero-order valence-corrected chi connectivity index (χ0v) is 50.5. The first kappa shape index (κ1) is 62.5. The quantitative estimate of drug-likeness (QED) is 0.0166. The summed E-state index contributed by atoms with van der Waals surface area (Å²) in [7, 11) is -5.37. The molecule has 0 bridgehead atoms. The molecule has 5 rings (SSSR count). The van der Waals surface area contributed by atoms with Crippen LogP contribution < -0.4 is 23.7 Å². The number of hydrogen-bond donors (Lipinski definition) is 0. The van der Waals surface area contributed by atoms with E-state index < -0.39 is 48.9 Å². The molecule has 14 heteroatoms. The van der Waals surface area contributed by atoms with Crippen LogP contribution in [0, 0.1) is 5.82 Å². The van der Waals surface area contributed by atoms with Crippen molar-refractivity contribution in [2.75, 3.05) is 13.2 Å². The van der Waals surface area contributed by atoms with Crippen molar-refractivity contribution in [2.45, 2.75) is 181 Å². The topological polar surface area (TPSA) is 116 Å². The largest absolute Gasteiger partial charge is 0.494 e. The number of benzene rings is 5. The van der Waals surface area contributed by atoms with Gasteiger partial charge in [0.2, 0.25) is 0 Å². The summed E-state index contributed by atoms with van der Waals surface area (Å²) < 4.78 is 56.3. The van der Waals surface area contributed by atoms with Gasteiger partial charge in [-0.25, -0.2) is 18.8 Å². The normalized spacial score (nSPS) is 11.8. The molecule has 0 heterocycles. The lowest BCUT2D eigenvalue weighted by atomic mass is 10.1. The van der Waals surface area contributed by atoms with Gasteiger partial charge in [-0.1, -0.05) is 140 Å². The van der Waals surface area contributed by atoms with E-state index in [2.05, 4.69) is 52.8 Å². The molecule has 0 atom stereocenters. The molecule has 0 spiro atoms. The van der Waals surface area contributed by atoms with Gasteiger partial charge >= 0.3 is 26.5 Å². The lowest BCUT2D eigenvalue weighted by Gasteiger charge is -2.37. The molecule has 418 valence electrons. The van der Waals surface area contributed by atoms with E-state index in [1.165, 1.54) is 132 Å². The second-order valence-corrected chi connectivity index (χ2v) is 34.9. The number of hydrogen-bond acceptors (Lipinski definition) is 10. The average molecular weight is 1110 g/mol. The minimum absolute atomic E-state index is 0.0390. The van der Waals surface area contributed by atoms with Crippen molar-refractivity contribution in [2.24, 2.45) is 0 Å². The maximum Gasteiger partial charge on any atom is 0.343 e. The molecule has 0 radical (unpaired) electrons. The van der Waals surface area contributed by atoms with Crippen molar-refractivity contribution in [3.8, 4) is 39.9 Å². The molecular formula is C63H87FO10Si3. The Balaban J connectivity index is 0.942. The molecule has 0 saturated heterocycles. The van der Waals surface area contributed by atoms with Crippen molar-refractivity contribution >= 4 is 43.1 Å². The second-order valence-electron chi connectivity index (χ2n) is 22.2. The Bertz CT molecular complexity index is 2540. The van der Waals surface area contributed by atoms with E-state index in [0.717, 1.165) is 55.0 Å². The SMILES string of the molecule is CCCCCCCCCCCCOc1ccc(C(=O)Oc2ccc(C(=O)Oc3cccc(-c4ccc(OC(=O)c5ccc(OCCCCCCCCCCC[Si](C)(C)O[Si](C)(C)O[Si](C)(C)C)cc5)cc4)c3)cc2)cc1F. The molecule has 0 aromatic heterocycles. The Morgan fingerprint density at radius 2 is 0.857 bits per heavy atom. The molecule has 0 amide bonds. The van der Waals surface area contributed by atoms with E-state index in [0.29, 0.717) is 30.3 Å². The monoisotopic (exact) mass is 1110 g/mol. The lowest BCUT2D eigenvalue weighted by Crippen LogP contribution is -2.51. The smallest absolute Gasteiger partial charge is 0.343 e. The highest BCUT2D eigenvalue weighted by atomic mass is 28.5. The maximum absolute atomic E-state index is 14.8. The second kappa shape index (κ2) is 32.5. The van der Waals surface area contributed by atoms with Crippen LogP contribution in [0.3, 0.4) is 0 Å². The summed E-state index contributed by atoms with van der Waals surface area (Å²) in [6, 6.07) is 32.3. The molecule has 0 aliphatic rings. The van der Waals surface area contributed by atoms with Crippen molar-refractivity contribution < 1.29 is 50.7 Å². The van der Waals surface area contributed by atoms with Crippen LogP contribution in [0.2, 0.25) is 51.9 Å². The highest BCUT2D eigenvalue weighted by Crippen LogP contribution is 2.29. The summed E-state index contributed by atoms with van der Waals surface area (Å²) >= 11 is 0. The number of unbranched alkanes of at least 4 members (excludes halogenated alkanes) is 17. The van der Waals surface area contributed by atoms with Crippen molar-refractivity contribution in [1.29, 1.82) is 0 Å². The standard InChI is InChI=1S/C63H87FO10Si3/c1-9-10-11-12-13-14-16-20-23-26-46-69-60-44-37-54(49-59(60)64)63(67)71-57-42-35-52(36-43-57)62(66)72-58-30-28-29-53(48-58)50-31-40-56(41-32-50)70-61(65)51-33-38-55(39-34-51)68-45-25-22-19-17-15-18-21-24-27-47-76(5,6)74-77(7,8)73-75(2,3)4/h28-44,48-49H,9-27,45-47H2,1-8H3. The van der Waals surface area contributed by atoms with Gasteiger partial charge in [-0.15, -0.1) is 0 Å². The zero-order valence-electron chi connectivity index (χ0n) is 47.5. The highest BCUT2D eigenvalue weighted by Gasteiger charge is 2.37. The Hall–Kier alpha value is -5.39. The molecule has 77 heavy (non-hydrogen) atoms. The van der Waals surface area contributed by atoms with E-state index in [-0.39, 0.29) is 22.6 Å². The number of halogens is 1. The van der Waals surface area contributed by atoms with Gasteiger partial charge < -0.3 is 31.9 Å². The van der Waals surface area contributed by atoms with Gasteiger partial charge in [-0.3, -0.25) is 0 Å². The van der Waals surface area contributed by atoms with Crippen molar-refractivity contribution in [3.05, 3.63) is 138 Å². The minimum Gasteiger partial charge on any atom is -0.494 e. The fourth-order valence-corrected chi connectivity index (χ4v) is 22.6. The fourth-order valence-electron chi connectivity index (χ4n) is 9.37. The highest BCUT2D eigenvalue weighted by molar-refractivity contribution is 6.87. The average Bonchev–Trinajstić information content (AvgIpc) is 3.38. The van der Waals surface area contributed by atoms with E-state index >= 15 is 0 Å². The molecular weight excluding hydrogens is 1020 g/mol. The summed E-state index contributed by atoms with van der Waals surface area (Å²) in [5, 5.41) is 0. The van der Waals surface area contributed by atoms with Crippen LogP contribution in [0.1, 0.15) is 160 Å². The van der Waals surface area contributed by atoms with Crippen LogP contribution in [-0.2, 0) is 8.23 Å². The first-order valence-electron chi connectivity index (χ1n) is 28.4. The number of carbonyl (C=O) groups excluding carboxylic acids is 3. The molecule has 0 aliphatic carbocycles. The fraction of sp³-hybridized carbons (Fsp3) is 0.476. The predicted molar refractivity (Wildman–Crippen MR) is 316 cm³/mol. The molecule has 0 unspecified atom stereocenters. The number of ether oxygens (including phenoxy) is 5. The zero-order chi connectivity index (χ0) is 55.5. The van der Waals surface area contributed by atoms with Crippen LogP contribution in [0.25, 0.3) is 11.1 Å². The minimum atomic E-state index is -2.06. The summed E-state index contributed by atoms with van der Waals surface area (Å²) in [6.07, 6.45) is 23.0. The van der Waals surface area contributed by atoms with E-state index in [1.54, 1.807) is 54.6 Å². The van der Waals surface area contributed by atoms with Crippen LogP contribution in [0.5, 0.6) is 28.7 Å². The molecule has 0 N–H and O–H groups in total. The number of esters is 3. The van der Waals surface area contributed by atoms with Gasteiger partial charge in [-0.05, 0) is 167 Å². The Morgan fingerprint density at radius 1 is 0.416 bits per heavy atom. The molecule has 10 nitrogen and oxygen atoms in total. The molecule has 5 aromatic carbocycles. The summed E-state index contributed by atoms with van der Waals surface area (Å²) in [5.74, 6) is -0.725. The molecule has 5 aromatic rings. The number of rotatable bonds is 36. The van der Waals surface area contributed by atoms with Gasteiger partial charge in [0.25, 0.3) is 0 Å². The number of carbonyl (C=O) groups is 3. The summed E-state index contributed by atoms with van der Waals surface area (Å²) in [5.41, 5.74) is 2.31. The van der Waals surface area contributed by atoms with Gasteiger partial charge in [0.1, 0.15) is 23.0 Å². The predicted octanol–water partition coefficient (Wildman–Crippen LogP) is 18.1.